The molecule has 1 aromatic heterocycles. The van der Waals surface area contributed by atoms with Gasteiger partial charge in [-0.2, -0.15) is 0 Å². The van der Waals surface area contributed by atoms with Crippen molar-refractivity contribution in [3.8, 4) is 11.1 Å². The maximum Gasteiger partial charge on any atom is 0.407 e. The Morgan fingerprint density at radius 3 is 2.40 bits per heavy atom. The van der Waals surface area contributed by atoms with Crippen molar-refractivity contribution in [2.75, 3.05) is 13.2 Å². The van der Waals surface area contributed by atoms with Crippen LogP contribution in [0.4, 0.5) is 4.79 Å². The number of carboxylic acid groups (broad SMARTS) is 1. The van der Waals surface area contributed by atoms with Crippen molar-refractivity contribution in [3.05, 3.63) is 75.7 Å². The third-order valence-corrected chi connectivity index (χ3v) is 7.17. The molecule has 0 radical (unpaired) electrons. The zero-order chi connectivity index (χ0) is 24.5. The van der Waals surface area contributed by atoms with Crippen molar-refractivity contribution < 1.29 is 29.3 Å². The number of rotatable bonds is 6. The SMILES string of the molecule is O=C(NCc1nc(C(=O)N2C[C@H](O)C[C@@H]2C(=O)O)cs1)OCC1c2ccccc2-c2ccccc21. The van der Waals surface area contributed by atoms with E-state index in [2.05, 4.69) is 22.4 Å². The van der Waals surface area contributed by atoms with E-state index in [4.69, 9.17) is 4.74 Å². The lowest BCUT2D eigenvalue weighted by Gasteiger charge is -2.19. The molecule has 35 heavy (non-hydrogen) atoms. The number of carbonyl (C=O) groups excluding carboxylic acids is 2. The Kier molecular flexibility index (Phi) is 6.23. The number of fused-ring (bicyclic) bond motifs is 3. The fraction of sp³-hybridized carbons (Fsp3) is 0.280. The summed E-state index contributed by atoms with van der Waals surface area (Å²) in [7, 11) is 0. The number of hydrogen-bond acceptors (Lipinski definition) is 7. The summed E-state index contributed by atoms with van der Waals surface area (Å²) in [6.07, 6.45) is -1.49. The summed E-state index contributed by atoms with van der Waals surface area (Å²) in [5, 5.41) is 23.7. The number of nitrogens with zero attached hydrogens (tertiary/aromatic N) is 2. The Morgan fingerprint density at radius 2 is 1.74 bits per heavy atom. The molecule has 9 nitrogen and oxygen atoms in total. The molecule has 2 amide bonds. The Morgan fingerprint density at radius 1 is 1.09 bits per heavy atom. The molecule has 0 saturated carbocycles. The van der Waals surface area contributed by atoms with Gasteiger partial charge in [0, 0.05) is 24.3 Å². The fourth-order valence-electron chi connectivity index (χ4n) is 4.71. The number of aromatic nitrogens is 1. The van der Waals surface area contributed by atoms with E-state index < -0.39 is 30.1 Å². The van der Waals surface area contributed by atoms with E-state index in [9.17, 15) is 24.6 Å². The minimum atomic E-state index is -1.16. The number of hydrogen-bond donors (Lipinski definition) is 3. The molecule has 5 rings (SSSR count). The molecule has 2 atom stereocenters. The number of aliphatic hydroxyl groups excluding tert-OH is 1. The Labute approximate surface area is 205 Å². The molecule has 2 heterocycles. The van der Waals surface area contributed by atoms with Gasteiger partial charge in [0.15, 0.2) is 0 Å². The molecule has 180 valence electrons. The maximum atomic E-state index is 12.7. The third kappa shape index (κ3) is 4.50. The van der Waals surface area contributed by atoms with E-state index in [0.717, 1.165) is 27.2 Å². The average Bonchev–Trinajstić information content (AvgIpc) is 3.57. The third-order valence-electron chi connectivity index (χ3n) is 6.32. The molecule has 3 aromatic rings. The highest BCUT2D eigenvalue weighted by atomic mass is 32.1. The quantitative estimate of drug-likeness (QED) is 0.482. The van der Waals surface area contributed by atoms with Gasteiger partial charge in [-0.15, -0.1) is 11.3 Å². The van der Waals surface area contributed by atoms with Gasteiger partial charge >= 0.3 is 12.1 Å². The van der Waals surface area contributed by atoms with Crippen molar-refractivity contribution >= 4 is 29.3 Å². The van der Waals surface area contributed by atoms with Crippen LogP contribution in [0.5, 0.6) is 0 Å². The van der Waals surface area contributed by atoms with E-state index in [1.165, 1.54) is 16.7 Å². The summed E-state index contributed by atoms with van der Waals surface area (Å²) in [5.74, 6) is -1.77. The Balaban J connectivity index is 1.17. The topological polar surface area (TPSA) is 129 Å². The smallest absolute Gasteiger partial charge is 0.407 e. The summed E-state index contributed by atoms with van der Waals surface area (Å²) in [4.78, 5) is 41.8. The van der Waals surface area contributed by atoms with Crippen LogP contribution in [0, 0.1) is 0 Å². The van der Waals surface area contributed by atoms with Gasteiger partial charge in [-0.25, -0.2) is 14.6 Å². The number of carboxylic acids is 1. The van der Waals surface area contributed by atoms with Gasteiger partial charge in [-0.3, -0.25) is 4.79 Å². The highest BCUT2D eigenvalue weighted by Crippen LogP contribution is 2.44. The lowest BCUT2D eigenvalue weighted by atomic mass is 9.98. The van der Waals surface area contributed by atoms with Crippen molar-refractivity contribution in [1.29, 1.82) is 0 Å². The lowest BCUT2D eigenvalue weighted by molar-refractivity contribution is -0.141. The van der Waals surface area contributed by atoms with Crippen LogP contribution in [0.3, 0.4) is 0 Å². The largest absolute Gasteiger partial charge is 0.480 e. The fourth-order valence-corrected chi connectivity index (χ4v) is 5.41. The number of thiazole rings is 1. The molecule has 2 aliphatic rings. The van der Waals surface area contributed by atoms with Crippen molar-refractivity contribution in [2.45, 2.75) is 31.0 Å². The number of carbonyl (C=O) groups is 3. The standard InChI is InChI=1S/C25H23N3O6S/c29-14-9-21(24(31)32)28(11-14)23(30)20-13-35-22(27-20)10-26-25(33)34-12-19-17-7-3-1-5-15(17)16-6-2-4-8-18(16)19/h1-8,13-14,19,21,29H,9-12H2,(H,26,33)(H,31,32)/t14-,21-/m1/s1. The second-order valence-electron chi connectivity index (χ2n) is 8.51. The molecule has 0 unspecified atom stereocenters. The predicted molar refractivity (Wildman–Crippen MR) is 127 cm³/mol. The molecule has 1 aliphatic carbocycles. The number of β-amino-alcohol motifs (C(OH)–C–C–N with tert-alkyl or cyclic N) is 1. The maximum absolute atomic E-state index is 12.7. The first-order valence-corrected chi connectivity index (χ1v) is 12.1. The number of aliphatic carboxylic acids is 1. The second-order valence-corrected chi connectivity index (χ2v) is 9.45. The van der Waals surface area contributed by atoms with Crippen molar-refractivity contribution in [1.82, 2.24) is 15.2 Å². The van der Waals surface area contributed by atoms with E-state index >= 15 is 0 Å². The van der Waals surface area contributed by atoms with Gasteiger partial charge in [0.25, 0.3) is 5.91 Å². The predicted octanol–water partition coefficient (Wildman–Crippen LogP) is 2.84. The molecular weight excluding hydrogens is 470 g/mol. The molecule has 1 fully saturated rings. The number of ether oxygens (including phenoxy) is 1. The zero-order valence-electron chi connectivity index (χ0n) is 18.6. The van der Waals surface area contributed by atoms with Crippen LogP contribution in [-0.2, 0) is 16.1 Å². The van der Waals surface area contributed by atoms with E-state index in [1.54, 1.807) is 0 Å². The van der Waals surface area contributed by atoms with Crippen LogP contribution >= 0.6 is 11.3 Å². The minimum Gasteiger partial charge on any atom is -0.480 e. The monoisotopic (exact) mass is 493 g/mol. The van der Waals surface area contributed by atoms with E-state index in [-0.39, 0.29) is 37.7 Å². The first-order valence-electron chi connectivity index (χ1n) is 11.2. The Hall–Kier alpha value is -3.76. The first kappa shape index (κ1) is 23.0. The zero-order valence-corrected chi connectivity index (χ0v) is 19.4. The normalized spacial score (nSPS) is 18.7. The molecule has 1 aliphatic heterocycles. The van der Waals surface area contributed by atoms with Gasteiger partial charge in [0.2, 0.25) is 0 Å². The van der Waals surface area contributed by atoms with Crippen molar-refractivity contribution in [2.24, 2.45) is 0 Å². The number of benzene rings is 2. The highest BCUT2D eigenvalue weighted by molar-refractivity contribution is 7.09. The van der Waals surface area contributed by atoms with Crippen LogP contribution in [0.25, 0.3) is 11.1 Å². The molecule has 1 saturated heterocycles. The number of alkyl carbamates (subject to hydrolysis) is 1. The van der Waals surface area contributed by atoms with Gasteiger partial charge in [-0.1, -0.05) is 48.5 Å². The Bertz CT molecular complexity index is 1250. The summed E-state index contributed by atoms with van der Waals surface area (Å²) in [6, 6.07) is 15.1. The van der Waals surface area contributed by atoms with Gasteiger partial charge in [0.05, 0.1) is 12.6 Å². The van der Waals surface area contributed by atoms with E-state index in [0.29, 0.717) is 5.01 Å². The number of likely N-dealkylation sites (tertiary alicyclic amines) is 1. The number of aliphatic hydroxyl groups is 1. The summed E-state index contributed by atoms with van der Waals surface area (Å²) in [6.45, 7) is 0.204. The van der Waals surface area contributed by atoms with Crippen LogP contribution in [-0.4, -0.2) is 63.4 Å². The highest BCUT2D eigenvalue weighted by Gasteiger charge is 2.40. The number of nitrogens with one attached hydrogen (secondary N) is 1. The molecule has 0 spiro atoms. The first-order chi connectivity index (χ1) is 16.9. The van der Waals surface area contributed by atoms with Crippen LogP contribution in [0.1, 0.15) is 39.0 Å². The van der Waals surface area contributed by atoms with Crippen molar-refractivity contribution in [3.63, 3.8) is 0 Å². The average molecular weight is 494 g/mol. The van der Waals surface area contributed by atoms with Gasteiger partial charge in [0.1, 0.15) is 23.4 Å². The molecule has 0 bridgehead atoms. The van der Waals surface area contributed by atoms with E-state index in [1.807, 2.05) is 36.4 Å². The molecule has 3 N–H and O–H groups in total. The van der Waals surface area contributed by atoms with Crippen LogP contribution in [0.2, 0.25) is 0 Å². The summed E-state index contributed by atoms with van der Waals surface area (Å²) < 4.78 is 5.51. The number of amides is 2. The lowest BCUT2D eigenvalue weighted by Crippen LogP contribution is -2.40. The summed E-state index contributed by atoms with van der Waals surface area (Å²) >= 11 is 1.18. The molecule has 2 aromatic carbocycles. The minimum absolute atomic E-state index is 0.0125. The summed E-state index contributed by atoms with van der Waals surface area (Å²) in [5.41, 5.74) is 4.62. The second kappa shape index (κ2) is 9.47. The van der Waals surface area contributed by atoms with Gasteiger partial charge < -0.3 is 25.2 Å². The van der Waals surface area contributed by atoms with Crippen LogP contribution < -0.4 is 5.32 Å². The van der Waals surface area contributed by atoms with Crippen LogP contribution in [0.15, 0.2) is 53.9 Å². The molecule has 10 heteroatoms. The molecular formula is C25H23N3O6S. The van der Waals surface area contributed by atoms with Gasteiger partial charge in [-0.05, 0) is 22.3 Å².